The summed E-state index contributed by atoms with van der Waals surface area (Å²) in [5.41, 5.74) is 1.24. The molecule has 0 spiro atoms. The van der Waals surface area contributed by atoms with E-state index in [9.17, 15) is 4.79 Å². The van der Waals surface area contributed by atoms with Crippen LogP contribution in [0, 0.1) is 5.92 Å². The number of hydrogen-bond acceptors (Lipinski definition) is 3. The third-order valence-electron chi connectivity index (χ3n) is 4.70. The van der Waals surface area contributed by atoms with Crippen molar-refractivity contribution in [1.82, 2.24) is 16.0 Å². The number of benzene rings is 1. The molecule has 1 saturated carbocycles. The monoisotopic (exact) mass is 421 g/mol. The number of hydrogen-bond donors (Lipinski definition) is 3. The fourth-order valence-corrected chi connectivity index (χ4v) is 3.69. The molecule has 0 aromatic heterocycles. The fraction of sp³-hybridized carbons (Fsp3) is 0.579. The highest BCUT2D eigenvalue weighted by molar-refractivity contribution is 9.10. The van der Waals surface area contributed by atoms with Gasteiger partial charge in [0, 0.05) is 42.6 Å². The summed E-state index contributed by atoms with van der Waals surface area (Å²) in [6.07, 6.45) is 3.15. The average Bonchev–Trinajstić information content (AvgIpc) is 3.39. The van der Waals surface area contributed by atoms with E-state index < -0.39 is 0 Å². The second-order valence-electron chi connectivity index (χ2n) is 6.85. The third kappa shape index (κ3) is 5.37. The van der Waals surface area contributed by atoms with Crippen molar-refractivity contribution in [3.8, 4) is 0 Å². The van der Waals surface area contributed by atoms with Gasteiger partial charge >= 0.3 is 0 Å². The number of nitrogens with one attached hydrogen (secondary N) is 3. The zero-order chi connectivity index (χ0) is 18.4. The minimum Gasteiger partial charge on any atom is -0.368 e. The van der Waals surface area contributed by atoms with Gasteiger partial charge in [-0.25, -0.2) is 0 Å². The Morgan fingerprint density at radius 1 is 1.27 bits per heavy atom. The largest absolute Gasteiger partial charge is 0.368 e. The molecule has 1 aromatic carbocycles. The van der Waals surface area contributed by atoms with Gasteiger partial charge in [-0.2, -0.15) is 0 Å². The Hall–Kier alpha value is -1.76. The number of amides is 1. The molecule has 0 bridgehead atoms. The summed E-state index contributed by atoms with van der Waals surface area (Å²) in [7, 11) is 0. The van der Waals surface area contributed by atoms with Gasteiger partial charge in [0.25, 0.3) is 0 Å². The molecule has 1 unspecified atom stereocenters. The molecule has 1 atom stereocenters. The lowest BCUT2D eigenvalue weighted by Crippen LogP contribution is -2.45. The number of aliphatic imine (C=N–C) groups is 1. The molecular weight excluding hydrogens is 394 g/mol. The van der Waals surface area contributed by atoms with Gasteiger partial charge in [-0.15, -0.1) is 0 Å². The van der Waals surface area contributed by atoms with Gasteiger partial charge in [-0.05, 0) is 54.2 Å². The molecule has 2 aliphatic rings. The van der Waals surface area contributed by atoms with Crippen molar-refractivity contribution in [3.05, 3.63) is 28.7 Å². The van der Waals surface area contributed by atoms with Crippen molar-refractivity contribution in [3.63, 3.8) is 0 Å². The molecule has 3 rings (SSSR count). The summed E-state index contributed by atoms with van der Waals surface area (Å²) < 4.78 is 1.13. The van der Waals surface area contributed by atoms with E-state index in [0.717, 1.165) is 49.3 Å². The topological polar surface area (TPSA) is 68.8 Å². The number of guanidine groups is 1. The Morgan fingerprint density at radius 3 is 2.81 bits per heavy atom. The van der Waals surface area contributed by atoms with E-state index in [4.69, 9.17) is 0 Å². The smallest absolute Gasteiger partial charge is 0.223 e. The standard InChI is InChI=1S/C19H28BrN5O/c1-2-21-19(23-11-10-22-18(26)14-7-8-14)24-15-9-12-25(13-15)17-6-4-3-5-16(17)20/h3-6,14-15H,2,7-13H2,1H3,(H,22,26)(H2,21,23,24). The fourth-order valence-electron chi connectivity index (χ4n) is 3.16. The Balaban J connectivity index is 1.47. The zero-order valence-electron chi connectivity index (χ0n) is 15.3. The summed E-state index contributed by atoms with van der Waals surface area (Å²) in [5, 5.41) is 9.78. The minimum absolute atomic E-state index is 0.179. The van der Waals surface area contributed by atoms with Crippen LogP contribution in [0.1, 0.15) is 26.2 Å². The highest BCUT2D eigenvalue weighted by Gasteiger charge is 2.29. The molecule has 7 heteroatoms. The van der Waals surface area contributed by atoms with Crippen LogP contribution in [0.4, 0.5) is 5.69 Å². The van der Waals surface area contributed by atoms with Crippen LogP contribution in [0.25, 0.3) is 0 Å². The van der Waals surface area contributed by atoms with Crippen LogP contribution in [0.3, 0.4) is 0 Å². The number of rotatable bonds is 7. The van der Waals surface area contributed by atoms with E-state index in [1.54, 1.807) is 0 Å². The molecule has 6 nitrogen and oxygen atoms in total. The maximum Gasteiger partial charge on any atom is 0.223 e. The first-order valence-corrected chi connectivity index (χ1v) is 10.3. The van der Waals surface area contributed by atoms with Gasteiger partial charge in [-0.1, -0.05) is 12.1 Å². The van der Waals surface area contributed by atoms with Crippen LogP contribution in [0.5, 0.6) is 0 Å². The number of anilines is 1. The number of nitrogens with zero attached hydrogens (tertiary/aromatic N) is 2. The van der Waals surface area contributed by atoms with E-state index in [2.05, 4.69) is 66.9 Å². The van der Waals surface area contributed by atoms with Crippen molar-refractivity contribution >= 4 is 33.5 Å². The molecule has 0 radical (unpaired) electrons. The predicted molar refractivity (Wildman–Crippen MR) is 110 cm³/mol. The van der Waals surface area contributed by atoms with Gasteiger partial charge in [-0.3, -0.25) is 9.79 Å². The predicted octanol–water partition coefficient (Wildman–Crippen LogP) is 2.11. The zero-order valence-corrected chi connectivity index (χ0v) is 16.9. The number of halogens is 1. The lowest BCUT2D eigenvalue weighted by atomic mass is 10.3. The van der Waals surface area contributed by atoms with E-state index in [1.807, 2.05) is 6.07 Å². The lowest BCUT2D eigenvalue weighted by molar-refractivity contribution is -0.122. The Labute approximate surface area is 163 Å². The van der Waals surface area contributed by atoms with Crippen LogP contribution >= 0.6 is 15.9 Å². The molecule has 1 aromatic rings. The molecular formula is C19H28BrN5O. The van der Waals surface area contributed by atoms with Crippen LogP contribution in [-0.4, -0.2) is 50.6 Å². The quantitative estimate of drug-likeness (QED) is 0.358. The minimum atomic E-state index is 0.179. The molecule has 3 N–H and O–H groups in total. The third-order valence-corrected chi connectivity index (χ3v) is 5.37. The first-order valence-electron chi connectivity index (χ1n) is 9.49. The summed E-state index contributed by atoms with van der Waals surface area (Å²) in [4.78, 5) is 18.6. The van der Waals surface area contributed by atoms with Crippen molar-refractivity contribution in [1.29, 1.82) is 0 Å². The number of para-hydroxylation sites is 1. The molecule has 1 heterocycles. The maximum atomic E-state index is 11.7. The highest BCUT2D eigenvalue weighted by Crippen LogP contribution is 2.29. The summed E-state index contributed by atoms with van der Waals surface area (Å²) >= 11 is 3.64. The average molecular weight is 422 g/mol. The van der Waals surface area contributed by atoms with E-state index in [-0.39, 0.29) is 11.8 Å². The first kappa shape index (κ1) is 19.0. The van der Waals surface area contributed by atoms with Crippen molar-refractivity contribution in [2.75, 3.05) is 37.6 Å². The van der Waals surface area contributed by atoms with E-state index >= 15 is 0 Å². The summed E-state index contributed by atoms with van der Waals surface area (Å²) in [6, 6.07) is 8.70. The SMILES string of the molecule is CCNC(=NCCNC(=O)C1CC1)NC1CCN(c2ccccc2Br)C1. The molecule has 1 saturated heterocycles. The number of carbonyl (C=O) groups excluding carboxylic acids is 1. The first-order chi connectivity index (χ1) is 12.7. The maximum absolute atomic E-state index is 11.7. The van der Waals surface area contributed by atoms with E-state index in [0.29, 0.717) is 19.1 Å². The Bertz CT molecular complexity index is 647. The Morgan fingerprint density at radius 2 is 2.08 bits per heavy atom. The van der Waals surface area contributed by atoms with Gasteiger partial charge in [0.2, 0.25) is 5.91 Å². The van der Waals surface area contributed by atoms with Crippen LogP contribution in [-0.2, 0) is 4.79 Å². The van der Waals surface area contributed by atoms with Crippen LogP contribution < -0.4 is 20.9 Å². The summed E-state index contributed by atoms with van der Waals surface area (Å²) in [5.74, 6) is 1.26. The normalized spacial score (nSPS) is 20.2. The van der Waals surface area contributed by atoms with Gasteiger partial charge < -0.3 is 20.9 Å². The lowest BCUT2D eigenvalue weighted by Gasteiger charge is -2.21. The molecule has 2 fully saturated rings. The van der Waals surface area contributed by atoms with Crippen LogP contribution in [0.15, 0.2) is 33.7 Å². The molecule has 142 valence electrons. The second kappa shape index (κ2) is 9.26. The van der Waals surface area contributed by atoms with Gasteiger partial charge in [0.15, 0.2) is 5.96 Å². The second-order valence-corrected chi connectivity index (χ2v) is 7.71. The number of carbonyl (C=O) groups is 1. The summed E-state index contributed by atoms with van der Waals surface area (Å²) in [6.45, 7) is 6.05. The molecule has 1 amide bonds. The molecule has 1 aliphatic heterocycles. The van der Waals surface area contributed by atoms with Gasteiger partial charge in [0.05, 0.1) is 12.2 Å². The van der Waals surface area contributed by atoms with E-state index in [1.165, 1.54) is 5.69 Å². The van der Waals surface area contributed by atoms with Crippen molar-refractivity contribution in [2.24, 2.45) is 10.9 Å². The van der Waals surface area contributed by atoms with Gasteiger partial charge in [0.1, 0.15) is 0 Å². The van der Waals surface area contributed by atoms with Crippen molar-refractivity contribution in [2.45, 2.75) is 32.2 Å². The van der Waals surface area contributed by atoms with Crippen molar-refractivity contribution < 1.29 is 4.79 Å². The van der Waals surface area contributed by atoms with Crippen LogP contribution in [0.2, 0.25) is 0 Å². The molecule has 26 heavy (non-hydrogen) atoms. The highest BCUT2D eigenvalue weighted by atomic mass is 79.9. The Kier molecular flexibility index (Phi) is 6.77. The molecule has 1 aliphatic carbocycles.